The van der Waals surface area contributed by atoms with Crippen LogP contribution < -0.4 is 5.56 Å². The predicted octanol–water partition coefficient (Wildman–Crippen LogP) is 1.85. The van der Waals surface area contributed by atoms with Gasteiger partial charge in [0.15, 0.2) is 0 Å². The van der Waals surface area contributed by atoms with Gasteiger partial charge in [-0.1, -0.05) is 0 Å². The van der Waals surface area contributed by atoms with E-state index < -0.39 is 0 Å². The van der Waals surface area contributed by atoms with Crippen molar-refractivity contribution < 1.29 is 4.79 Å². The summed E-state index contributed by atoms with van der Waals surface area (Å²) >= 11 is 6.43. The topological polar surface area (TPSA) is 42.3 Å². The summed E-state index contributed by atoms with van der Waals surface area (Å²) < 4.78 is 2.57. The SMILES string of the molecule is CCN(C)C(=O)Cn1cc(Br)cc(Br)c1=O. The fourth-order valence-corrected chi connectivity index (χ4v) is 2.38. The van der Waals surface area contributed by atoms with Crippen LogP contribution in [0.4, 0.5) is 0 Å². The second kappa shape index (κ2) is 5.63. The normalized spacial score (nSPS) is 10.2. The lowest BCUT2D eigenvalue weighted by atomic mass is 10.4. The number of likely N-dealkylation sites (N-methyl/N-ethyl adjacent to an activating group) is 1. The van der Waals surface area contributed by atoms with Crippen molar-refractivity contribution >= 4 is 37.8 Å². The van der Waals surface area contributed by atoms with Gasteiger partial charge in [-0.2, -0.15) is 0 Å². The Morgan fingerprint density at radius 1 is 1.50 bits per heavy atom. The summed E-state index contributed by atoms with van der Waals surface area (Å²) in [4.78, 5) is 24.9. The quantitative estimate of drug-likeness (QED) is 0.834. The molecule has 0 aromatic carbocycles. The zero-order chi connectivity index (χ0) is 12.3. The Labute approximate surface area is 111 Å². The van der Waals surface area contributed by atoms with E-state index in [0.29, 0.717) is 11.0 Å². The number of carbonyl (C=O) groups is 1. The molecule has 16 heavy (non-hydrogen) atoms. The molecule has 0 radical (unpaired) electrons. The Morgan fingerprint density at radius 3 is 2.69 bits per heavy atom. The van der Waals surface area contributed by atoms with E-state index in [-0.39, 0.29) is 18.0 Å². The number of rotatable bonds is 3. The molecule has 0 aliphatic heterocycles. The minimum Gasteiger partial charge on any atom is -0.344 e. The first-order valence-corrected chi connectivity index (χ1v) is 6.33. The van der Waals surface area contributed by atoms with Gasteiger partial charge in [0, 0.05) is 24.3 Å². The molecule has 0 unspecified atom stereocenters. The lowest BCUT2D eigenvalue weighted by Gasteiger charge is -2.15. The zero-order valence-electron chi connectivity index (χ0n) is 9.04. The van der Waals surface area contributed by atoms with Crippen LogP contribution in [0.25, 0.3) is 0 Å². The number of nitrogens with zero attached hydrogens (tertiary/aromatic N) is 2. The van der Waals surface area contributed by atoms with Crippen LogP contribution in [-0.2, 0) is 11.3 Å². The highest BCUT2D eigenvalue weighted by Crippen LogP contribution is 2.12. The van der Waals surface area contributed by atoms with Gasteiger partial charge in [-0.15, -0.1) is 0 Å². The van der Waals surface area contributed by atoms with Crippen LogP contribution >= 0.6 is 31.9 Å². The molecule has 88 valence electrons. The second-order valence-electron chi connectivity index (χ2n) is 3.35. The minimum atomic E-state index is -0.207. The maximum absolute atomic E-state index is 11.7. The molecule has 1 aromatic heterocycles. The molecular formula is C10H12Br2N2O2. The number of hydrogen-bond donors (Lipinski definition) is 0. The van der Waals surface area contributed by atoms with Crippen molar-refractivity contribution in [1.29, 1.82) is 0 Å². The number of hydrogen-bond acceptors (Lipinski definition) is 2. The number of aromatic nitrogens is 1. The molecule has 0 spiro atoms. The first kappa shape index (κ1) is 13.4. The third kappa shape index (κ3) is 3.18. The van der Waals surface area contributed by atoms with E-state index in [0.717, 1.165) is 4.47 Å². The average molecular weight is 352 g/mol. The predicted molar refractivity (Wildman–Crippen MR) is 69.4 cm³/mol. The lowest BCUT2D eigenvalue weighted by Crippen LogP contribution is -2.33. The van der Waals surface area contributed by atoms with Gasteiger partial charge < -0.3 is 9.47 Å². The molecule has 0 aliphatic rings. The molecule has 0 N–H and O–H groups in total. The van der Waals surface area contributed by atoms with Gasteiger partial charge in [-0.3, -0.25) is 9.59 Å². The van der Waals surface area contributed by atoms with Gasteiger partial charge in [0.1, 0.15) is 6.54 Å². The van der Waals surface area contributed by atoms with Crippen molar-refractivity contribution in [2.45, 2.75) is 13.5 Å². The summed E-state index contributed by atoms with van der Waals surface area (Å²) in [6.45, 7) is 2.57. The van der Waals surface area contributed by atoms with E-state index in [1.165, 1.54) is 4.57 Å². The van der Waals surface area contributed by atoms with E-state index in [1.54, 1.807) is 24.2 Å². The van der Waals surface area contributed by atoms with Crippen LogP contribution in [0.15, 0.2) is 26.0 Å². The summed E-state index contributed by atoms with van der Waals surface area (Å²) in [6.07, 6.45) is 1.61. The molecule has 1 rings (SSSR count). The smallest absolute Gasteiger partial charge is 0.265 e. The van der Waals surface area contributed by atoms with Crippen molar-refractivity contribution in [3.63, 3.8) is 0 Å². The number of amides is 1. The molecule has 1 aromatic rings. The maximum Gasteiger partial charge on any atom is 0.265 e. The van der Waals surface area contributed by atoms with Gasteiger partial charge >= 0.3 is 0 Å². The van der Waals surface area contributed by atoms with Crippen LogP contribution in [-0.4, -0.2) is 29.0 Å². The highest BCUT2D eigenvalue weighted by molar-refractivity contribution is 9.11. The van der Waals surface area contributed by atoms with Crippen molar-refractivity contribution in [3.05, 3.63) is 31.6 Å². The standard InChI is InChI=1S/C10H12Br2N2O2/c1-3-13(2)9(15)6-14-5-7(11)4-8(12)10(14)16/h4-5H,3,6H2,1-2H3. The van der Waals surface area contributed by atoms with Gasteiger partial charge in [0.05, 0.1) is 4.47 Å². The van der Waals surface area contributed by atoms with E-state index >= 15 is 0 Å². The van der Waals surface area contributed by atoms with Crippen molar-refractivity contribution in [2.24, 2.45) is 0 Å². The third-order valence-electron chi connectivity index (χ3n) is 2.21. The van der Waals surface area contributed by atoms with Crippen molar-refractivity contribution in [2.75, 3.05) is 13.6 Å². The zero-order valence-corrected chi connectivity index (χ0v) is 12.2. The molecule has 0 saturated carbocycles. The molecule has 0 saturated heterocycles. The molecule has 6 heteroatoms. The first-order valence-electron chi connectivity index (χ1n) is 4.75. The first-order chi connectivity index (χ1) is 7.45. The van der Waals surface area contributed by atoms with E-state index in [4.69, 9.17) is 0 Å². The monoisotopic (exact) mass is 350 g/mol. The fraction of sp³-hybridized carbons (Fsp3) is 0.400. The highest BCUT2D eigenvalue weighted by Gasteiger charge is 2.10. The molecule has 0 aliphatic carbocycles. The third-order valence-corrected chi connectivity index (χ3v) is 3.22. The number of halogens is 2. The Kier molecular flexibility index (Phi) is 4.73. The Balaban J connectivity index is 2.98. The van der Waals surface area contributed by atoms with E-state index in [1.807, 2.05) is 6.92 Å². The fourth-order valence-electron chi connectivity index (χ4n) is 1.12. The maximum atomic E-state index is 11.7. The Hall–Kier alpha value is -0.620. The Morgan fingerprint density at radius 2 is 2.12 bits per heavy atom. The number of carbonyl (C=O) groups excluding carboxylic acids is 1. The van der Waals surface area contributed by atoms with Gasteiger partial charge in [-0.05, 0) is 44.8 Å². The molecule has 0 atom stereocenters. The van der Waals surface area contributed by atoms with Crippen LogP contribution in [0.5, 0.6) is 0 Å². The molecule has 0 bridgehead atoms. The average Bonchev–Trinajstić information content (AvgIpc) is 2.23. The van der Waals surface area contributed by atoms with Crippen molar-refractivity contribution in [3.8, 4) is 0 Å². The van der Waals surface area contributed by atoms with E-state index in [2.05, 4.69) is 31.9 Å². The van der Waals surface area contributed by atoms with Crippen LogP contribution in [0.2, 0.25) is 0 Å². The highest BCUT2D eigenvalue weighted by atomic mass is 79.9. The summed E-state index contributed by atoms with van der Waals surface area (Å²) in [5, 5.41) is 0. The second-order valence-corrected chi connectivity index (χ2v) is 5.12. The van der Waals surface area contributed by atoms with Crippen LogP contribution in [0.3, 0.4) is 0 Å². The summed E-state index contributed by atoms with van der Waals surface area (Å²) in [5.41, 5.74) is -0.207. The summed E-state index contributed by atoms with van der Waals surface area (Å²) in [6, 6.07) is 1.66. The lowest BCUT2D eigenvalue weighted by molar-refractivity contribution is -0.130. The summed E-state index contributed by atoms with van der Waals surface area (Å²) in [7, 11) is 1.71. The van der Waals surface area contributed by atoms with Crippen molar-refractivity contribution in [1.82, 2.24) is 9.47 Å². The van der Waals surface area contributed by atoms with Gasteiger partial charge in [0.25, 0.3) is 5.56 Å². The van der Waals surface area contributed by atoms with Crippen LogP contribution in [0.1, 0.15) is 6.92 Å². The van der Waals surface area contributed by atoms with Gasteiger partial charge in [-0.25, -0.2) is 0 Å². The van der Waals surface area contributed by atoms with Crippen LogP contribution in [0, 0.1) is 0 Å². The molecule has 1 amide bonds. The molecule has 0 fully saturated rings. The Bertz CT molecular complexity index is 457. The van der Waals surface area contributed by atoms with Gasteiger partial charge in [0.2, 0.25) is 5.91 Å². The van der Waals surface area contributed by atoms with E-state index in [9.17, 15) is 9.59 Å². The summed E-state index contributed by atoms with van der Waals surface area (Å²) in [5.74, 6) is -0.0883. The molecule has 1 heterocycles. The molecular weight excluding hydrogens is 340 g/mol. The largest absolute Gasteiger partial charge is 0.344 e. The minimum absolute atomic E-state index is 0.0568. The molecule has 4 nitrogen and oxygen atoms in total. The number of pyridine rings is 1.